The molecule has 3 N–H and O–H groups in total. The van der Waals surface area contributed by atoms with Crippen LogP contribution >= 0.6 is 11.5 Å². The van der Waals surface area contributed by atoms with Crippen LogP contribution in [0.4, 0.5) is 15.2 Å². The lowest BCUT2D eigenvalue weighted by Gasteiger charge is -2.30. The van der Waals surface area contributed by atoms with Gasteiger partial charge in [-0.05, 0) is 31.4 Å². The van der Waals surface area contributed by atoms with Crippen molar-refractivity contribution in [2.75, 3.05) is 16.7 Å². The standard InChI is InChI=1S/C26H28FN5O3S2/c1-18(20-9-5-4-8-19(20)10-13-26(28)11-6-3-7-12-26)32(2)22-14-21(27)24(15-23(22)35-17-33)37(34)31-25-29-16-30-36-25/h4-5,8-9,14-18H,3,6-7,11-12,28H2,1-2H3,(H,29,30,31)/t18-,37?/m1/s1. The van der Waals surface area contributed by atoms with Crippen molar-refractivity contribution in [1.29, 1.82) is 0 Å². The first-order valence-electron chi connectivity index (χ1n) is 11.8. The average Bonchev–Trinajstić information content (AvgIpc) is 3.41. The predicted molar refractivity (Wildman–Crippen MR) is 143 cm³/mol. The number of benzene rings is 2. The molecule has 8 nitrogen and oxygen atoms in total. The highest BCUT2D eigenvalue weighted by molar-refractivity contribution is 7.93. The van der Waals surface area contributed by atoms with Crippen molar-refractivity contribution in [2.45, 2.75) is 55.5 Å². The second-order valence-corrected chi connectivity index (χ2v) is 10.9. The minimum absolute atomic E-state index is 0.0693. The van der Waals surface area contributed by atoms with Gasteiger partial charge in [-0.15, -0.1) is 0 Å². The van der Waals surface area contributed by atoms with Crippen LogP contribution in [0.3, 0.4) is 0 Å². The van der Waals surface area contributed by atoms with Gasteiger partial charge in [0, 0.05) is 36.3 Å². The minimum Gasteiger partial charge on any atom is -0.588 e. The predicted octanol–water partition coefficient (Wildman–Crippen LogP) is 4.56. The molecule has 0 amide bonds. The highest BCUT2D eigenvalue weighted by Crippen LogP contribution is 2.37. The fourth-order valence-electron chi connectivity index (χ4n) is 4.33. The van der Waals surface area contributed by atoms with Crippen LogP contribution in [0.5, 0.6) is 5.75 Å². The Kier molecular flexibility index (Phi) is 8.66. The lowest BCUT2D eigenvalue weighted by Crippen LogP contribution is -2.40. The number of nitrogens with zero attached hydrogens (tertiary/aromatic N) is 3. The third-order valence-electron chi connectivity index (χ3n) is 6.49. The van der Waals surface area contributed by atoms with Crippen molar-refractivity contribution >= 4 is 40.2 Å². The zero-order valence-electron chi connectivity index (χ0n) is 20.6. The molecule has 4 rings (SSSR count). The normalized spacial score (nSPS) is 16.1. The van der Waals surface area contributed by atoms with Crippen molar-refractivity contribution in [3.8, 4) is 17.6 Å². The lowest BCUT2D eigenvalue weighted by atomic mass is 9.83. The maximum absolute atomic E-state index is 15.2. The van der Waals surface area contributed by atoms with Crippen molar-refractivity contribution < 1.29 is 18.5 Å². The molecule has 0 saturated heterocycles. The van der Waals surface area contributed by atoms with E-state index in [0.29, 0.717) is 5.69 Å². The van der Waals surface area contributed by atoms with Crippen molar-refractivity contribution in [3.05, 3.63) is 59.7 Å². The molecule has 194 valence electrons. The third-order valence-corrected chi connectivity index (χ3v) is 8.29. The Hall–Kier alpha value is -3.17. The van der Waals surface area contributed by atoms with E-state index in [1.807, 2.05) is 31.2 Å². The monoisotopic (exact) mass is 541 g/mol. The molecule has 2 aromatic carbocycles. The fourth-order valence-corrected chi connectivity index (χ4v) is 5.77. The van der Waals surface area contributed by atoms with E-state index in [9.17, 15) is 9.35 Å². The molecule has 37 heavy (non-hydrogen) atoms. The van der Waals surface area contributed by atoms with E-state index in [1.54, 1.807) is 11.9 Å². The Bertz CT molecular complexity index is 1290. The number of halogens is 1. The Morgan fingerprint density at radius 3 is 2.78 bits per heavy atom. The summed E-state index contributed by atoms with van der Waals surface area (Å²) in [6.45, 7) is 2.20. The summed E-state index contributed by atoms with van der Waals surface area (Å²) in [5, 5.41) is 0.274. The van der Waals surface area contributed by atoms with Gasteiger partial charge in [0.1, 0.15) is 17.7 Å². The maximum atomic E-state index is 15.2. The first kappa shape index (κ1) is 26.9. The van der Waals surface area contributed by atoms with E-state index in [0.717, 1.165) is 48.3 Å². The Balaban J connectivity index is 1.63. The van der Waals surface area contributed by atoms with Crippen molar-refractivity contribution in [3.63, 3.8) is 0 Å². The number of nitrogens with one attached hydrogen (secondary N) is 1. The molecule has 0 bridgehead atoms. The summed E-state index contributed by atoms with van der Waals surface area (Å²) in [4.78, 5) is 16.8. The van der Waals surface area contributed by atoms with E-state index >= 15 is 4.39 Å². The first-order valence-corrected chi connectivity index (χ1v) is 13.8. The fraction of sp³-hybridized carbons (Fsp3) is 0.346. The largest absolute Gasteiger partial charge is 0.588 e. The number of carbonyl (C=O) groups excluding carboxylic acids is 1. The van der Waals surface area contributed by atoms with Gasteiger partial charge in [-0.1, -0.05) is 49.3 Å². The third kappa shape index (κ3) is 6.40. The van der Waals surface area contributed by atoms with E-state index in [-0.39, 0.29) is 28.3 Å². The zero-order valence-corrected chi connectivity index (χ0v) is 22.2. The van der Waals surface area contributed by atoms with Gasteiger partial charge < -0.3 is 19.9 Å². The minimum atomic E-state index is -1.98. The lowest BCUT2D eigenvalue weighted by molar-refractivity contribution is -0.120. The molecular weight excluding hydrogens is 513 g/mol. The number of nitrogens with two attached hydrogens (primary N) is 1. The van der Waals surface area contributed by atoms with E-state index < -0.39 is 22.7 Å². The molecule has 0 radical (unpaired) electrons. The SMILES string of the molecule is C[C@H](c1ccccc1C#CC1(N)CCCCC1)N(C)c1cc(F)c([S+]([O-])Nc2ncns2)cc1OC=O. The molecule has 1 aliphatic carbocycles. The number of carbonyl (C=O) groups is 1. The van der Waals surface area contributed by atoms with Gasteiger partial charge in [-0.2, -0.15) is 9.10 Å². The highest BCUT2D eigenvalue weighted by Gasteiger charge is 2.27. The number of ether oxygens (including phenoxy) is 1. The summed E-state index contributed by atoms with van der Waals surface area (Å²) in [6, 6.07) is 9.91. The van der Waals surface area contributed by atoms with Gasteiger partial charge >= 0.3 is 0 Å². The van der Waals surface area contributed by atoms with Crippen LogP contribution in [-0.4, -0.2) is 33.0 Å². The summed E-state index contributed by atoms with van der Waals surface area (Å²) >= 11 is -0.994. The van der Waals surface area contributed by atoms with E-state index in [4.69, 9.17) is 10.5 Å². The van der Waals surface area contributed by atoms with Gasteiger partial charge in [0.05, 0.1) is 17.3 Å². The van der Waals surface area contributed by atoms with Gasteiger partial charge in [-0.25, -0.2) is 9.37 Å². The molecule has 0 aliphatic heterocycles. The van der Waals surface area contributed by atoms with E-state index in [2.05, 4.69) is 25.9 Å². The molecule has 3 aromatic rings. The number of anilines is 2. The highest BCUT2D eigenvalue weighted by atomic mass is 32.2. The molecule has 0 spiro atoms. The second-order valence-electron chi connectivity index (χ2n) is 8.92. The average molecular weight is 542 g/mol. The van der Waals surface area contributed by atoms with Crippen LogP contribution in [0.1, 0.15) is 56.2 Å². The topological polar surface area (TPSA) is 116 Å². The van der Waals surface area contributed by atoms with Crippen LogP contribution in [0.2, 0.25) is 0 Å². The van der Waals surface area contributed by atoms with Gasteiger partial charge in [0.25, 0.3) is 6.47 Å². The van der Waals surface area contributed by atoms with Crippen LogP contribution in [0.15, 0.2) is 47.6 Å². The number of rotatable bonds is 8. The molecule has 2 atom stereocenters. The summed E-state index contributed by atoms with van der Waals surface area (Å²) in [5.74, 6) is 5.93. The molecule has 1 aromatic heterocycles. The Morgan fingerprint density at radius 2 is 2.08 bits per heavy atom. The first-order chi connectivity index (χ1) is 17.8. The molecule has 1 saturated carbocycles. The van der Waals surface area contributed by atoms with Crippen LogP contribution in [0, 0.1) is 17.7 Å². The summed E-state index contributed by atoms with van der Waals surface area (Å²) in [7, 11) is 1.77. The van der Waals surface area contributed by atoms with Gasteiger partial charge in [-0.3, -0.25) is 4.79 Å². The van der Waals surface area contributed by atoms with Gasteiger partial charge in [0.15, 0.2) is 11.6 Å². The summed E-state index contributed by atoms with van der Waals surface area (Å²) < 4.78 is 39.5. The number of aromatic nitrogens is 2. The Labute approximate surface area is 222 Å². The van der Waals surface area contributed by atoms with Crippen LogP contribution < -0.4 is 20.1 Å². The molecule has 1 heterocycles. The van der Waals surface area contributed by atoms with Crippen LogP contribution in [-0.2, 0) is 16.2 Å². The maximum Gasteiger partial charge on any atom is 0.298 e. The summed E-state index contributed by atoms with van der Waals surface area (Å²) in [5.41, 5.74) is 8.10. The van der Waals surface area contributed by atoms with E-state index in [1.165, 1.54) is 24.9 Å². The molecular formula is C26H28FN5O3S2. The molecule has 1 fully saturated rings. The zero-order chi connectivity index (χ0) is 26.4. The molecule has 1 aliphatic rings. The van der Waals surface area contributed by atoms with Gasteiger partial charge in [0.2, 0.25) is 10.0 Å². The molecule has 1 unspecified atom stereocenters. The number of hydrogen-bond donors (Lipinski definition) is 2. The second kappa shape index (κ2) is 11.9. The quantitative estimate of drug-likeness (QED) is 0.242. The van der Waals surface area contributed by atoms with Crippen LogP contribution in [0.25, 0.3) is 0 Å². The molecule has 11 heteroatoms. The Morgan fingerprint density at radius 1 is 1.32 bits per heavy atom. The van der Waals surface area contributed by atoms with Crippen molar-refractivity contribution in [1.82, 2.24) is 9.36 Å². The summed E-state index contributed by atoms with van der Waals surface area (Å²) in [6.07, 6.45) is 6.40. The smallest absolute Gasteiger partial charge is 0.298 e. The number of hydrogen-bond acceptors (Lipinski definition) is 9. The van der Waals surface area contributed by atoms with Crippen molar-refractivity contribution in [2.24, 2.45) is 5.73 Å².